The molecule has 0 saturated heterocycles. The van der Waals surface area contributed by atoms with Gasteiger partial charge in [-0.1, -0.05) is 19.3 Å². The third-order valence-corrected chi connectivity index (χ3v) is 4.33. The SMILES string of the molecule is C[C@@H](NC(=O)C(C)(C)CCl)C1CCCCC1. The van der Waals surface area contributed by atoms with Crippen LogP contribution < -0.4 is 5.32 Å². The van der Waals surface area contributed by atoms with E-state index in [1.807, 2.05) is 13.8 Å². The first-order valence-corrected chi connectivity index (χ1v) is 6.88. The van der Waals surface area contributed by atoms with Crippen molar-refractivity contribution in [2.75, 3.05) is 5.88 Å². The Morgan fingerprint density at radius 1 is 1.38 bits per heavy atom. The lowest BCUT2D eigenvalue weighted by molar-refractivity contribution is -0.129. The minimum atomic E-state index is -0.454. The molecule has 0 spiro atoms. The van der Waals surface area contributed by atoms with E-state index < -0.39 is 5.41 Å². The van der Waals surface area contributed by atoms with Gasteiger partial charge in [0.15, 0.2) is 0 Å². The van der Waals surface area contributed by atoms with Crippen molar-refractivity contribution in [2.24, 2.45) is 11.3 Å². The number of hydrogen-bond acceptors (Lipinski definition) is 1. The molecular weight excluding hydrogens is 222 g/mol. The zero-order chi connectivity index (χ0) is 12.2. The summed E-state index contributed by atoms with van der Waals surface area (Å²) in [5.74, 6) is 1.11. The maximum atomic E-state index is 12.0. The van der Waals surface area contributed by atoms with Gasteiger partial charge in [0.05, 0.1) is 5.41 Å². The highest BCUT2D eigenvalue weighted by atomic mass is 35.5. The molecule has 0 bridgehead atoms. The zero-order valence-corrected chi connectivity index (χ0v) is 11.4. The number of hydrogen-bond donors (Lipinski definition) is 1. The Balaban J connectivity index is 2.43. The zero-order valence-electron chi connectivity index (χ0n) is 10.7. The van der Waals surface area contributed by atoms with Crippen molar-refractivity contribution >= 4 is 17.5 Å². The molecule has 1 fully saturated rings. The van der Waals surface area contributed by atoms with E-state index >= 15 is 0 Å². The van der Waals surface area contributed by atoms with Crippen LogP contribution in [0.5, 0.6) is 0 Å². The van der Waals surface area contributed by atoms with Crippen LogP contribution in [0, 0.1) is 11.3 Å². The van der Waals surface area contributed by atoms with Gasteiger partial charge in [-0.25, -0.2) is 0 Å². The van der Waals surface area contributed by atoms with Crippen LogP contribution in [0.2, 0.25) is 0 Å². The molecule has 0 aromatic heterocycles. The molecule has 0 radical (unpaired) electrons. The fourth-order valence-electron chi connectivity index (χ4n) is 2.21. The molecule has 0 aromatic rings. The van der Waals surface area contributed by atoms with Crippen molar-refractivity contribution in [3.63, 3.8) is 0 Å². The van der Waals surface area contributed by atoms with Gasteiger partial charge in [0, 0.05) is 11.9 Å². The minimum absolute atomic E-state index is 0.0839. The number of amides is 1. The number of rotatable bonds is 4. The molecule has 1 atom stereocenters. The Kier molecular flexibility index (Phi) is 5.10. The summed E-state index contributed by atoms with van der Waals surface area (Å²) in [6.45, 7) is 5.91. The van der Waals surface area contributed by atoms with Crippen molar-refractivity contribution in [3.8, 4) is 0 Å². The number of carbonyl (C=O) groups excluding carboxylic acids is 1. The highest BCUT2D eigenvalue weighted by molar-refractivity contribution is 6.19. The summed E-state index contributed by atoms with van der Waals surface area (Å²) in [7, 11) is 0. The summed E-state index contributed by atoms with van der Waals surface area (Å²) in [6.07, 6.45) is 6.48. The molecule has 1 aliphatic rings. The normalized spacial score (nSPS) is 20.5. The van der Waals surface area contributed by atoms with Gasteiger partial charge in [0.25, 0.3) is 0 Å². The molecule has 1 amide bonds. The lowest BCUT2D eigenvalue weighted by Crippen LogP contribution is -2.45. The van der Waals surface area contributed by atoms with E-state index in [1.54, 1.807) is 0 Å². The molecule has 94 valence electrons. The minimum Gasteiger partial charge on any atom is -0.353 e. The first-order chi connectivity index (χ1) is 7.47. The average Bonchev–Trinajstić information content (AvgIpc) is 2.30. The Hall–Kier alpha value is -0.240. The Labute approximate surface area is 104 Å². The lowest BCUT2D eigenvalue weighted by Gasteiger charge is -2.31. The van der Waals surface area contributed by atoms with Crippen molar-refractivity contribution in [3.05, 3.63) is 0 Å². The molecule has 1 N–H and O–H groups in total. The van der Waals surface area contributed by atoms with Gasteiger partial charge < -0.3 is 5.32 Å². The van der Waals surface area contributed by atoms with Crippen LogP contribution in [0.1, 0.15) is 52.9 Å². The van der Waals surface area contributed by atoms with Crippen molar-refractivity contribution in [1.82, 2.24) is 5.32 Å². The fraction of sp³-hybridized carbons (Fsp3) is 0.923. The fourth-order valence-corrected chi connectivity index (χ4v) is 2.34. The first kappa shape index (κ1) is 13.8. The predicted octanol–water partition coefficient (Wildman–Crippen LogP) is 3.34. The second kappa shape index (κ2) is 5.90. The van der Waals surface area contributed by atoms with Crippen molar-refractivity contribution in [1.29, 1.82) is 0 Å². The summed E-state index contributed by atoms with van der Waals surface area (Å²) in [5, 5.41) is 3.12. The van der Waals surface area contributed by atoms with E-state index in [9.17, 15) is 4.79 Å². The summed E-state index contributed by atoms with van der Waals surface area (Å²) in [6, 6.07) is 0.287. The van der Waals surface area contributed by atoms with E-state index in [1.165, 1.54) is 32.1 Å². The topological polar surface area (TPSA) is 29.1 Å². The van der Waals surface area contributed by atoms with Crippen molar-refractivity contribution in [2.45, 2.75) is 58.9 Å². The molecular formula is C13H24ClNO. The number of halogens is 1. The standard InChI is InChI=1S/C13H24ClNO/c1-10(11-7-5-4-6-8-11)15-12(16)13(2,3)9-14/h10-11H,4-9H2,1-3H3,(H,15,16)/t10-/m1/s1. The third kappa shape index (κ3) is 3.65. The van der Waals surface area contributed by atoms with Crippen molar-refractivity contribution < 1.29 is 4.79 Å². The average molecular weight is 246 g/mol. The van der Waals surface area contributed by atoms with Gasteiger partial charge in [-0.2, -0.15) is 0 Å². The van der Waals surface area contributed by atoms with Crippen LogP contribution in [-0.2, 0) is 4.79 Å². The molecule has 16 heavy (non-hydrogen) atoms. The third-order valence-electron chi connectivity index (χ3n) is 3.66. The summed E-state index contributed by atoms with van der Waals surface area (Å²) in [5.41, 5.74) is -0.454. The Bertz CT molecular complexity index is 234. The number of alkyl halides is 1. The maximum absolute atomic E-state index is 12.0. The van der Waals surface area contributed by atoms with Crippen LogP contribution >= 0.6 is 11.6 Å². The molecule has 0 heterocycles. The molecule has 0 unspecified atom stereocenters. The van der Waals surface area contributed by atoms with Crippen LogP contribution in [0.25, 0.3) is 0 Å². The summed E-state index contributed by atoms with van der Waals surface area (Å²) < 4.78 is 0. The van der Waals surface area contributed by atoms with E-state index in [-0.39, 0.29) is 11.9 Å². The van der Waals surface area contributed by atoms with Gasteiger partial charge in [-0.3, -0.25) is 4.79 Å². The molecule has 1 saturated carbocycles. The Morgan fingerprint density at radius 3 is 2.44 bits per heavy atom. The van der Waals surface area contributed by atoms with Crippen LogP contribution in [0.4, 0.5) is 0 Å². The second-order valence-electron chi connectivity index (χ2n) is 5.68. The van der Waals surface area contributed by atoms with Crippen LogP contribution in [-0.4, -0.2) is 17.8 Å². The van der Waals surface area contributed by atoms with Crippen LogP contribution in [0.3, 0.4) is 0 Å². The highest BCUT2D eigenvalue weighted by Crippen LogP contribution is 2.27. The maximum Gasteiger partial charge on any atom is 0.227 e. The quantitative estimate of drug-likeness (QED) is 0.757. The highest BCUT2D eigenvalue weighted by Gasteiger charge is 2.29. The molecule has 3 heteroatoms. The van der Waals surface area contributed by atoms with E-state index in [4.69, 9.17) is 11.6 Å². The van der Waals surface area contributed by atoms with Gasteiger partial charge in [-0.05, 0) is 39.5 Å². The molecule has 0 aromatic carbocycles. The molecule has 0 aliphatic heterocycles. The monoisotopic (exact) mass is 245 g/mol. The largest absolute Gasteiger partial charge is 0.353 e. The van der Waals surface area contributed by atoms with Gasteiger partial charge in [0.2, 0.25) is 5.91 Å². The van der Waals surface area contributed by atoms with E-state index in [0.717, 1.165) is 0 Å². The molecule has 1 aliphatic carbocycles. The lowest BCUT2D eigenvalue weighted by atomic mass is 9.84. The van der Waals surface area contributed by atoms with E-state index in [2.05, 4.69) is 12.2 Å². The van der Waals surface area contributed by atoms with Gasteiger partial charge >= 0.3 is 0 Å². The molecule has 1 rings (SSSR count). The van der Waals surface area contributed by atoms with Crippen LogP contribution in [0.15, 0.2) is 0 Å². The van der Waals surface area contributed by atoms with Gasteiger partial charge in [0.1, 0.15) is 0 Å². The first-order valence-electron chi connectivity index (χ1n) is 6.34. The van der Waals surface area contributed by atoms with Gasteiger partial charge in [-0.15, -0.1) is 11.6 Å². The summed E-state index contributed by atoms with van der Waals surface area (Å²) in [4.78, 5) is 12.0. The second-order valence-corrected chi connectivity index (χ2v) is 5.95. The summed E-state index contributed by atoms with van der Waals surface area (Å²) >= 11 is 5.80. The van der Waals surface area contributed by atoms with E-state index in [0.29, 0.717) is 11.8 Å². The smallest absolute Gasteiger partial charge is 0.227 e. The molecule has 2 nitrogen and oxygen atoms in total. The predicted molar refractivity (Wildman–Crippen MR) is 68.7 cm³/mol. The number of carbonyl (C=O) groups is 1. The number of nitrogens with one attached hydrogen (secondary N) is 1. The Morgan fingerprint density at radius 2 is 1.94 bits per heavy atom.